The average molecular weight is 324 g/mol. The molecule has 0 unspecified atom stereocenters. The van der Waals surface area contributed by atoms with Crippen molar-refractivity contribution < 1.29 is 40.3 Å². The number of hydrogen-bond acceptors (Lipinski definition) is 2. The Morgan fingerprint density at radius 3 is 1.81 bits per heavy atom. The number of ether oxygens (including phenoxy) is 1. The number of rotatable bonds is 4. The summed E-state index contributed by atoms with van der Waals surface area (Å²) in [5.41, 5.74) is 0. The molecule has 0 heterocycles. The van der Waals surface area contributed by atoms with Crippen LogP contribution in [0, 0.1) is 5.92 Å². The van der Waals surface area contributed by atoms with Gasteiger partial charge >= 0.3 is 24.2 Å². The van der Waals surface area contributed by atoms with Gasteiger partial charge in [-0.25, -0.2) is 0 Å². The van der Waals surface area contributed by atoms with E-state index in [2.05, 4.69) is 4.74 Å². The minimum absolute atomic E-state index is 0.0529. The molecule has 1 fully saturated rings. The van der Waals surface area contributed by atoms with Crippen molar-refractivity contribution in [2.75, 3.05) is 0 Å². The lowest BCUT2D eigenvalue weighted by atomic mass is 9.86. The maximum absolute atomic E-state index is 13.1. The van der Waals surface area contributed by atoms with E-state index in [0.717, 1.165) is 32.1 Å². The minimum Gasteiger partial charge on any atom is -0.413 e. The normalized spacial score (nSPS) is 18.6. The summed E-state index contributed by atoms with van der Waals surface area (Å²) in [7, 11) is 0. The van der Waals surface area contributed by atoms with Gasteiger partial charge in [-0.2, -0.15) is 30.7 Å². The molecule has 0 spiro atoms. The quantitative estimate of drug-likeness (QED) is 0.554. The topological polar surface area (TPSA) is 26.3 Å². The van der Waals surface area contributed by atoms with Crippen LogP contribution in [0.25, 0.3) is 0 Å². The van der Waals surface area contributed by atoms with E-state index >= 15 is 0 Å². The predicted molar refractivity (Wildman–Crippen MR) is 57.9 cm³/mol. The van der Waals surface area contributed by atoms with Crippen molar-refractivity contribution in [2.45, 2.75) is 63.2 Å². The summed E-state index contributed by atoms with van der Waals surface area (Å²) in [6.45, 7) is 0. The third kappa shape index (κ3) is 4.47. The fourth-order valence-corrected chi connectivity index (χ4v) is 2.28. The van der Waals surface area contributed by atoms with Gasteiger partial charge in [-0.05, 0) is 12.3 Å². The Morgan fingerprint density at radius 2 is 1.38 bits per heavy atom. The summed E-state index contributed by atoms with van der Waals surface area (Å²) in [6.07, 6.45) is -8.98. The first-order chi connectivity index (χ1) is 9.47. The van der Waals surface area contributed by atoms with Gasteiger partial charge in [-0.1, -0.05) is 32.1 Å². The molecule has 0 aromatic rings. The second kappa shape index (κ2) is 6.39. The smallest absolute Gasteiger partial charge is 0.413 e. The van der Waals surface area contributed by atoms with E-state index in [-0.39, 0.29) is 12.3 Å². The number of carbonyl (C=O) groups excluding carboxylic acids is 1. The Labute approximate surface area is 116 Å². The number of halogens is 7. The van der Waals surface area contributed by atoms with Gasteiger partial charge in [0.15, 0.2) is 0 Å². The minimum atomic E-state index is -6.37. The van der Waals surface area contributed by atoms with Crippen LogP contribution in [0.2, 0.25) is 0 Å². The van der Waals surface area contributed by atoms with Gasteiger partial charge in [-0.3, -0.25) is 4.79 Å². The molecule has 0 bridgehead atoms. The van der Waals surface area contributed by atoms with Crippen LogP contribution in [0.3, 0.4) is 0 Å². The molecule has 0 saturated heterocycles. The Hall–Kier alpha value is -1.02. The van der Waals surface area contributed by atoms with Crippen molar-refractivity contribution >= 4 is 5.97 Å². The van der Waals surface area contributed by atoms with Crippen LogP contribution in [0.5, 0.6) is 0 Å². The molecule has 1 aliphatic rings. The summed E-state index contributed by atoms with van der Waals surface area (Å²) >= 11 is 0. The summed E-state index contributed by atoms with van der Waals surface area (Å²) < 4.78 is 89.3. The van der Waals surface area contributed by atoms with Crippen LogP contribution in [-0.2, 0) is 9.53 Å². The van der Waals surface area contributed by atoms with Crippen LogP contribution in [0.15, 0.2) is 0 Å². The first kappa shape index (κ1) is 18.0. The van der Waals surface area contributed by atoms with E-state index in [4.69, 9.17) is 0 Å². The second-order valence-electron chi connectivity index (χ2n) is 5.11. The second-order valence-corrected chi connectivity index (χ2v) is 5.11. The fraction of sp³-hybridized carbons (Fsp3) is 0.917. The zero-order valence-corrected chi connectivity index (χ0v) is 11.0. The van der Waals surface area contributed by atoms with Crippen LogP contribution >= 0.6 is 0 Å². The molecule has 0 aromatic carbocycles. The van der Waals surface area contributed by atoms with Gasteiger partial charge in [0.1, 0.15) is 0 Å². The molecule has 1 saturated carbocycles. The van der Waals surface area contributed by atoms with Crippen molar-refractivity contribution in [3.05, 3.63) is 0 Å². The van der Waals surface area contributed by atoms with Crippen molar-refractivity contribution in [3.8, 4) is 0 Å². The Bertz CT molecular complexity index is 342. The zero-order valence-electron chi connectivity index (χ0n) is 11.0. The molecule has 0 radical (unpaired) electrons. The Kier molecular flexibility index (Phi) is 5.49. The van der Waals surface area contributed by atoms with Crippen LogP contribution < -0.4 is 0 Å². The molecule has 2 nitrogen and oxygen atoms in total. The highest BCUT2D eigenvalue weighted by molar-refractivity contribution is 5.70. The lowest BCUT2D eigenvalue weighted by Crippen LogP contribution is -2.56. The number of carbonyl (C=O) groups is 1. The van der Waals surface area contributed by atoms with Crippen LogP contribution in [-0.4, -0.2) is 24.2 Å². The standard InChI is InChI=1S/C12H15F7O2/c13-10(11(14,15)16,12(17,18)19)21-9(20)7-6-8-4-2-1-3-5-8/h8H,1-7H2. The summed E-state index contributed by atoms with van der Waals surface area (Å²) in [4.78, 5) is 11.1. The lowest BCUT2D eigenvalue weighted by molar-refractivity contribution is -0.417. The molecule has 0 atom stereocenters. The molecular formula is C12H15F7O2. The van der Waals surface area contributed by atoms with E-state index in [0.29, 0.717) is 0 Å². The van der Waals surface area contributed by atoms with Gasteiger partial charge in [0.05, 0.1) is 0 Å². The highest BCUT2D eigenvalue weighted by Crippen LogP contribution is 2.47. The fourth-order valence-electron chi connectivity index (χ4n) is 2.28. The zero-order chi connectivity index (χ0) is 16.3. The van der Waals surface area contributed by atoms with Gasteiger partial charge in [0, 0.05) is 6.42 Å². The first-order valence-electron chi connectivity index (χ1n) is 6.51. The Balaban J connectivity index is 2.61. The SMILES string of the molecule is O=C(CCC1CCCCC1)OC(F)(C(F)(F)F)C(F)(F)F. The third-order valence-corrected chi connectivity index (χ3v) is 3.47. The molecule has 1 aliphatic carbocycles. The van der Waals surface area contributed by atoms with Crippen molar-refractivity contribution in [1.29, 1.82) is 0 Å². The third-order valence-electron chi connectivity index (χ3n) is 3.47. The molecule has 0 aliphatic heterocycles. The summed E-state index contributed by atoms with van der Waals surface area (Å²) in [6, 6.07) is 0. The maximum Gasteiger partial charge on any atom is 0.470 e. The number of hydrogen-bond donors (Lipinski definition) is 0. The summed E-state index contributed by atoms with van der Waals surface area (Å²) in [5.74, 6) is -7.74. The van der Waals surface area contributed by atoms with Crippen molar-refractivity contribution in [1.82, 2.24) is 0 Å². The number of alkyl halides is 7. The molecule has 124 valence electrons. The van der Waals surface area contributed by atoms with Crippen molar-refractivity contribution in [3.63, 3.8) is 0 Å². The van der Waals surface area contributed by atoms with Gasteiger partial charge < -0.3 is 4.74 Å². The summed E-state index contributed by atoms with van der Waals surface area (Å²) in [5, 5.41) is 0. The molecule has 1 rings (SSSR count). The highest BCUT2D eigenvalue weighted by Gasteiger charge is 2.76. The largest absolute Gasteiger partial charge is 0.470 e. The van der Waals surface area contributed by atoms with Gasteiger partial charge in [-0.15, -0.1) is 0 Å². The van der Waals surface area contributed by atoms with Crippen LogP contribution in [0.4, 0.5) is 30.7 Å². The maximum atomic E-state index is 13.1. The van der Waals surface area contributed by atoms with E-state index in [1.54, 1.807) is 0 Å². The molecule has 0 amide bonds. The molecule has 21 heavy (non-hydrogen) atoms. The van der Waals surface area contributed by atoms with Gasteiger partial charge in [0.25, 0.3) is 0 Å². The molecular weight excluding hydrogens is 309 g/mol. The van der Waals surface area contributed by atoms with E-state index in [9.17, 15) is 35.5 Å². The highest BCUT2D eigenvalue weighted by atomic mass is 19.4. The first-order valence-corrected chi connectivity index (χ1v) is 6.51. The van der Waals surface area contributed by atoms with Gasteiger partial charge in [0.2, 0.25) is 0 Å². The average Bonchev–Trinajstić information content (AvgIpc) is 2.35. The lowest BCUT2D eigenvalue weighted by Gasteiger charge is -2.29. The molecule has 9 heteroatoms. The van der Waals surface area contributed by atoms with Crippen LogP contribution in [0.1, 0.15) is 44.9 Å². The Morgan fingerprint density at radius 1 is 0.905 bits per heavy atom. The van der Waals surface area contributed by atoms with E-state index < -0.39 is 30.6 Å². The van der Waals surface area contributed by atoms with Crippen molar-refractivity contribution in [2.24, 2.45) is 5.92 Å². The van der Waals surface area contributed by atoms with E-state index in [1.165, 1.54) is 0 Å². The number of esters is 1. The molecule has 0 aromatic heterocycles. The van der Waals surface area contributed by atoms with E-state index in [1.807, 2.05) is 0 Å². The monoisotopic (exact) mass is 324 g/mol. The molecule has 0 N–H and O–H groups in total. The predicted octanol–water partition coefficient (Wildman–Crippen LogP) is 4.68.